The zero-order chi connectivity index (χ0) is 94.3. The molecule has 19 rings (SSSR count). The maximum Gasteiger partial charge on any atom is 0.418 e. The molecule has 3 aromatic heterocycles. The molecule has 13 aromatic carbocycles. The molecule has 1 atom stereocenters. The highest BCUT2D eigenvalue weighted by Gasteiger charge is 2.27. The molecule has 4 amide bonds. The lowest BCUT2D eigenvalue weighted by molar-refractivity contribution is 0.0418. The number of carbonyl (C=O) groups excluding carboxylic acids is 5. The number of aromatic nitrogens is 1. The Balaban J connectivity index is 0.000000130. The largest absolute Gasteiger partial charge is 0.445 e. The van der Waals surface area contributed by atoms with Crippen LogP contribution < -0.4 is 21.5 Å². The van der Waals surface area contributed by atoms with E-state index >= 15 is 0 Å². The van der Waals surface area contributed by atoms with Gasteiger partial charge in [0.2, 0.25) is 0 Å². The van der Waals surface area contributed by atoms with Gasteiger partial charge in [-0.25, -0.2) is 24.0 Å². The molecule has 1 aliphatic carbocycles. The fourth-order valence-electron chi connectivity index (χ4n) is 17.9. The van der Waals surface area contributed by atoms with E-state index in [-0.39, 0.29) is 60.6 Å². The third-order valence-electron chi connectivity index (χ3n) is 25.1. The van der Waals surface area contributed by atoms with E-state index in [1.54, 1.807) is 77.8 Å². The van der Waals surface area contributed by atoms with Crippen LogP contribution in [0.15, 0.2) is 259 Å². The van der Waals surface area contributed by atoms with Crippen LogP contribution in [0, 0.1) is 23.7 Å². The Morgan fingerprint density at radius 1 is 0.415 bits per heavy atom. The van der Waals surface area contributed by atoms with Crippen LogP contribution in [0.3, 0.4) is 0 Å². The number of nitrogens with one attached hydrogen (secondary N) is 2. The van der Waals surface area contributed by atoms with Gasteiger partial charge in [-0.1, -0.05) is 235 Å². The molecular weight excluding hydrogens is 1720 g/mol. The molecule has 5 heterocycles. The van der Waals surface area contributed by atoms with Crippen molar-refractivity contribution < 1.29 is 47.7 Å². The Morgan fingerprint density at radius 2 is 0.807 bits per heavy atom. The van der Waals surface area contributed by atoms with Crippen molar-refractivity contribution in [3.8, 4) is 23.7 Å². The Kier molecular flexibility index (Phi) is 32.4. The van der Waals surface area contributed by atoms with E-state index in [0.29, 0.717) is 23.9 Å². The standard InChI is InChI=1S/C28H31NO3S.C27H29NO3S.C22H23NO2.C20H15NO2.C19H19NO2/c1-5-19-16-21(6-2)26-23(17-19)25(30)22-18-20(10-11-24(22)33-26)12-13-28(3,4)32-27(31)29-14-8-7-9-15-29;1-4-19-15-21(5-2)26-23(16-19)25(29)22-17-20(11-12-24(22)32-26)10-9-18(3)31-27(30)28-13-7-6-8-14-28;24-22(23-18-10-2-1-3-11-18)25-15-21-19-12-6-4-8-16(19)14-17-9-5-7-13-20(17)21;22-20(21-11-5-6-12-21)23-14-19-17-9-3-1-7-15(17)13-16-8-2-4-10-18(16)19;1-2-11-20-19(21)22-13-18-16-9-5-3-7-14(16)12-15-8-4-6-10-17(15)18/h10-11,16-18H,5-9,14-15H2,1-4H3;11-12,15-18H,4-8,13-14H2,1-3H3;4-9,12-14,18H,1-3,10-11,15H2,(H,23,24);1-13H,14H2;3-10,12H,2,11,13H2,1H3,(H,20,21). The van der Waals surface area contributed by atoms with Crippen molar-refractivity contribution in [2.75, 3.05) is 32.7 Å². The van der Waals surface area contributed by atoms with Gasteiger partial charge in [-0.3, -0.25) is 14.2 Å². The van der Waals surface area contributed by atoms with Crippen LogP contribution >= 0.6 is 22.7 Å². The van der Waals surface area contributed by atoms with Gasteiger partial charge < -0.3 is 44.1 Å². The van der Waals surface area contributed by atoms with Crippen molar-refractivity contribution >= 4 is 158 Å². The first kappa shape index (κ1) is 95.8. The van der Waals surface area contributed by atoms with Crippen LogP contribution in [0.1, 0.15) is 183 Å². The third kappa shape index (κ3) is 24.0. The zero-order valence-corrected chi connectivity index (χ0v) is 80.0. The summed E-state index contributed by atoms with van der Waals surface area (Å²) in [6, 6.07) is 79.8. The molecule has 0 radical (unpaired) electrons. The summed E-state index contributed by atoms with van der Waals surface area (Å²) in [6.45, 7) is 20.3. The molecule has 2 saturated heterocycles. The SMILES string of the molecule is CCCNC(=O)OCc1c2ccccc2cc2ccccc12.CCc1cc(CC)c2sc3ccc(C#CC(C)(C)OC(=O)N4CCCCC4)cc3c(=O)c2c1.CCc1cc(CC)c2sc3ccc(C#CC(C)OC(=O)N4CCCCC4)cc3c(=O)c2c1.O=C(NC1CCCCC1)OCc1c2ccccc2cc2ccccc12.O=C(OCc1c2ccccc2cc2ccccc12)n1cccc1. The maximum atomic E-state index is 13.4. The first-order valence-corrected chi connectivity index (χ1v) is 49.2. The predicted octanol–water partition coefficient (Wildman–Crippen LogP) is 27.4. The quantitative estimate of drug-likeness (QED) is 0.0560. The number of piperidine rings is 2. The predicted molar refractivity (Wildman–Crippen MR) is 553 cm³/mol. The average Bonchev–Trinajstić information content (AvgIpc) is 0.933. The minimum atomic E-state index is -0.915. The summed E-state index contributed by atoms with van der Waals surface area (Å²) in [5, 5.41) is 22.5. The number of amides is 4. The fraction of sp³-hybridized carbons (Fsp3) is 0.302. The number of hydrogen-bond acceptors (Lipinski definition) is 14. The summed E-state index contributed by atoms with van der Waals surface area (Å²) >= 11 is 3.34. The number of ether oxygens (including phenoxy) is 5. The molecule has 690 valence electrons. The lowest BCUT2D eigenvalue weighted by Gasteiger charge is -2.29. The van der Waals surface area contributed by atoms with Crippen LogP contribution in [-0.2, 0) is 69.2 Å². The number of likely N-dealkylation sites (tertiary alicyclic amines) is 2. The lowest BCUT2D eigenvalue weighted by atomic mass is 9.96. The van der Waals surface area contributed by atoms with Crippen molar-refractivity contribution in [1.29, 1.82) is 0 Å². The smallest absolute Gasteiger partial charge is 0.418 e. The number of benzene rings is 13. The van der Waals surface area contributed by atoms with E-state index in [0.717, 1.165) is 214 Å². The molecule has 2 N–H and O–H groups in total. The molecule has 3 fully saturated rings. The number of aryl methyl sites for hydroxylation is 4. The second-order valence-corrected chi connectivity index (χ2v) is 37.2. The van der Waals surface area contributed by atoms with E-state index < -0.39 is 11.7 Å². The van der Waals surface area contributed by atoms with Gasteiger partial charge in [0.15, 0.2) is 22.6 Å². The average molecular weight is 1840 g/mol. The summed E-state index contributed by atoms with van der Waals surface area (Å²) in [5.41, 5.74) is 8.73. The Hall–Kier alpha value is -13.9. The van der Waals surface area contributed by atoms with Crippen molar-refractivity contribution in [3.05, 3.63) is 319 Å². The Labute approximate surface area is 797 Å². The van der Waals surface area contributed by atoms with Gasteiger partial charge in [0.1, 0.15) is 19.8 Å². The highest BCUT2D eigenvalue weighted by atomic mass is 32.1. The maximum absolute atomic E-state index is 13.4. The monoisotopic (exact) mass is 1840 g/mol. The van der Waals surface area contributed by atoms with Gasteiger partial charge >= 0.3 is 30.5 Å². The molecule has 0 spiro atoms. The molecule has 0 bridgehead atoms. The normalized spacial score (nSPS) is 13.5. The number of fused-ring (bicyclic) bond motifs is 10. The highest BCUT2D eigenvalue weighted by Crippen LogP contribution is 2.36. The Bertz CT molecular complexity index is 7120. The van der Waals surface area contributed by atoms with Gasteiger partial charge in [0, 0.05) is 119 Å². The van der Waals surface area contributed by atoms with E-state index in [1.165, 1.54) is 63.3 Å². The Morgan fingerprint density at radius 3 is 1.22 bits per heavy atom. The molecular formula is C116H117N5O12S2. The molecule has 2 aliphatic heterocycles. The van der Waals surface area contributed by atoms with E-state index in [1.807, 2.05) is 128 Å². The van der Waals surface area contributed by atoms with Crippen LogP contribution in [-0.4, -0.2) is 95.3 Å². The van der Waals surface area contributed by atoms with Crippen molar-refractivity contribution in [3.63, 3.8) is 0 Å². The number of rotatable bonds is 15. The van der Waals surface area contributed by atoms with E-state index in [9.17, 15) is 33.6 Å². The third-order valence-corrected chi connectivity index (χ3v) is 27.6. The first-order chi connectivity index (χ1) is 65.7. The summed E-state index contributed by atoms with van der Waals surface area (Å²) in [7, 11) is 0. The second-order valence-electron chi connectivity index (χ2n) is 35.1. The zero-order valence-electron chi connectivity index (χ0n) is 78.4. The molecule has 135 heavy (non-hydrogen) atoms. The van der Waals surface area contributed by atoms with Gasteiger partial charge in [0.25, 0.3) is 0 Å². The summed E-state index contributed by atoms with van der Waals surface area (Å²) in [6.07, 6.45) is 17.9. The first-order valence-electron chi connectivity index (χ1n) is 47.6. The lowest BCUT2D eigenvalue weighted by Crippen LogP contribution is -2.40. The second kappa shape index (κ2) is 45.7. The van der Waals surface area contributed by atoms with Gasteiger partial charge in [-0.05, 0) is 270 Å². The van der Waals surface area contributed by atoms with Crippen LogP contribution in [0.5, 0.6) is 0 Å². The van der Waals surface area contributed by atoms with Crippen molar-refractivity contribution in [2.45, 2.75) is 196 Å². The minimum Gasteiger partial charge on any atom is -0.445 e. The van der Waals surface area contributed by atoms with Crippen LogP contribution in [0.4, 0.5) is 24.0 Å². The molecule has 1 saturated carbocycles. The van der Waals surface area contributed by atoms with Crippen LogP contribution in [0.25, 0.3) is 105 Å². The molecule has 3 aliphatic rings. The number of hydrogen-bond donors (Lipinski definition) is 2. The summed E-state index contributed by atoms with van der Waals surface area (Å²) in [5.74, 6) is 12.3. The number of nitrogens with zero attached hydrogens (tertiary/aromatic N) is 3. The molecule has 19 heteroatoms. The molecule has 1 unspecified atom stereocenters. The summed E-state index contributed by atoms with van der Waals surface area (Å²) < 4.78 is 33.2. The van der Waals surface area contributed by atoms with Gasteiger partial charge in [0.05, 0.1) is 0 Å². The topological polar surface area (TPSA) is 201 Å². The van der Waals surface area contributed by atoms with Crippen molar-refractivity contribution in [2.24, 2.45) is 0 Å². The minimum absolute atomic E-state index is 0.0585. The van der Waals surface area contributed by atoms with Gasteiger partial charge in [-0.2, -0.15) is 0 Å². The van der Waals surface area contributed by atoms with Crippen molar-refractivity contribution in [1.82, 2.24) is 25.0 Å². The van der Waals surface area contributed by atoms with Gasteiger partial charge in [-0.15, -0.1) is 22.7 Å². The summed E-state index contributed by atoms with van der Waals surface area (Å²) in [4.78, 5) is 91.0. The molecule has 17 nitrogen and oxygen atoms in total. The molecule has 16 aromatic rings. The fourth-order valence-corrected chi connectivity index (χ4v) is 20.3. The number of carbonyl (C=O) groups is 5. The van der Waals surface area contributed by atoms with Crippen LogP contribution in [0.2, 0.25) is 0 Å². The highest BCUT2D eigenvalue weighted by molar-refractivity contribution is 7.25. The van der Waals surface area contributed by atoms with E-state index in [2.05, 4.69) is 165 Å². The number of alkyl carbamates (subject to hydrolysis) is 2. The van der Waals surface area contributed by atoms with E-state index in [4.69, 9.17) is 23.7 Å².